The van der Waals surface area contributed by atoms with E-state index in [1.807, 2.05) is 18.7 Å². The molecule has 0 saturated carbocycles. The highest BCUT2D eigenvalue weighted by atomic mass is 79.9. The third-order valence-electron chi connectivity index (χ3n) is 3.22. The maximum atomic E-state index is 4.43. The third-order valence-corrected chi connectivity index (χ3v) is 4.25. The first-order valence-corrected chi connectivity index (χ1v) is 7.18. The minimum atomic E-state index is 0.881. The molecule has 0 aliphatic rings. The first-order valence-electron chi connectivity index (χ1n) is 6.39. The van der Waals surface area contributed by atoms with Crippen molar-refractivity contribution in [3.05, 3.63) is 51.3 Å². The van der Waals surface area contributed by atoms with Crippen molar-refractivity contribution < 1.29 is 0 Å². The summed E-state index contributed by atoms with van der Waals surface area (Å²) in [6, 6.07) is 8.65. The molecule has 4 heteroatoms. The topological polar surface area (TPSA) is 21.1 Å². The van der Waals surface area contributed by atoms with Crippen molar-refractivity contribution in [1.29, 1.82) is 0 Å². The second-order valence-electron chi connectivity index (χ2n) is 5.13. The Balaban J connectivity index is 2.07. The molecule has 2 rings (SSSR count). The maximum Gasteiger partial charge on any atom is 0.0739 e. The molecule has 0 unspecified atom stereocenters. The van der Waals surface area contributed by atoms with Crippen LogP contribution in [0.3, 0.4) is 0 Å². The van der Waals surface area contributed by atoms with E-state index < -0.39 is 0 Å². The van der Waals surface area contributed by atoms with Crippen LogP contribution in [0.25, 0.3) is 0 Å². The van der Waals surface area contributed by atoms with Crippen molar-refractivity contribution in [2.75, 3.05) is 7.05 Å². The monoisotopic (exact) mass is 321 g/mol. The lowest BCUT2D eigenvalue weighted by Gasteiger charge is -2.17. The molecule has 2 aromatic rings. The van der Waals surface area contributed by atoms with Gasteiger partial charge in [0.15, 0.2) is 0 Å². The molecule has 0 saturated heterocycles. The molecule has 0 spiro atoms. The molecule has 102 valence electrons. The fraction of sp³-hybridized carbons (Fsp3) is 0.400. The molecule has 0 bridgehead atoms. The summed E-state index contributed by atoms with van der Waals surface area (Å²) in [5, 5.41) is 4.43. The molecule has 1 heterocycles. The van der Waals surface area contributed by atoms with E-state index in [1.54, 1.807) is 0 Å². The minimum Gasteiger partial charge on any atom is -0.296 e. The molecule has 19 heavy (non-hydrogen) atoms. The third kappa shape index (κ3) is 3.45. The lowest BCUT2D eigenvalue weighted by molar-refractivity contribution is 0.309. The molecular formula is C15H20BrN3. The van der Waals surface area contributed by atoms with E-state index in [0.29, 0.717) is 0 Å². The summed E-state index contributed by atoms with van der Waals surface area (Å²) >= 11 is 3.62. The fourth-order valence-electron chi connectivity index (χ4n) is 2.29. The van der Waals surface area contributed by atoms with Gasteiger partial charge in [0.2, 0.25) is 0 Å². The lowest BCUT2D eigenvalue weighted by Crippen LogP contribution is -2.19. The van der Waals surface area contributed by atoms with Gasteiger partial charge in [-0.3, -0.25) is 9.58 Å². The summed E-state index contributed by atoms with van der Waals surface area (Å²) in [6.45, 7) is 5.98. The van der Waals surface area contributed by atoms with Gasteiger partial charge in [0.25, 0.3) is 0 Å². The zero-order chi connectivity index (χ0) is 14.0. The van der Waals surface area contributed by atoms with Crippen LogP contribution >= 0.6 is 15.9 Å². The first kappa shape index (κ1) is 14.3. The van der Waals surface area contributed by atoms with E-state index in [2.05, 4.69) is 64.2 Å². The van der Waals surface area contributed by atoms with Gasteiger partial charge in [0.1, 0.15) is 0 Å². The molecule has 0 atom stereocenters. The number of rotatable bonds is 4. The van der Waals surface area contributed by atoms with Crippen LogP contribution in [-0.2, 0) is 20.1 Å². The second-order valence-corrected chi connectivity index (χ2v) is 5.92. The molecule has 0 aliphatic carbocycles. The van der Waals surface area contributed by atoms with E-state index in [1.165, 1.54) is 16.8 Å². The SMILES string of the molecule is Cc1cccc(CN(C)Cc2c(Br)c(C)nn2C)c1. The van der Waals surface area contributed by atoms with Crippen LogP contribution in [0.15, 0.2) is 28.7 Å². The smallest absolute Gasteiger partial charge is 0.0739 e. The zero-order valence-corrected chi connectivity index (χ0v) is 13.5. The number of hydrogen-bond acceptors (Lipinski definition) is 2. The van der Waals surface area contributed by atoms with Crippen LogP contribution in [-0.4, -0.2) is 21.7 Å². The average molecular weight is 322 g/mol. The van der Waals surface area contributed by atoms with E-state index in [9.17, 15) is 0 Å². The molecule has 0 aliphatic heterocycles. The molecular weight excluding hydrogens is 302 g/mol. The van der Waals surface area contributed by atoms with Gasteiger partial charge in [-0.25, -0.2) is 0 Å². The van der Waals surface area contributed by atoms with Gasteiger partial charge in [0, 0.05) is 20.1 Å². The Labute approximate surface area is 123 Å². The lowest BCUT2D eigenvalue weighted by atomic mass is 10.1. The number of nitrogens with zero attached hydrogens (tertiary/aromatic N) is 3. The standard InChI is InChI=1S/C15H20BrN3/c1-11-6-5-7-13(8-11)9-18(3)10-14-15(16)12(2)17-19(14)4/h5-8H,9-10H2,1-4H3. The molecule has 0 N–H and O–H groups in total. The Bertz CT molecular complexity index is 575. The van der Waals surface area contributed by atoms with Gasteiger partial charge in [-0.2, -0.15) is 5.10 Å². The van der Waals surface area contributed by atoms with Gasteiger partial charge in [0.05, 0.1) is 15.9 Å². The van der Waals surface area contributed by atoms with Crippen molar-refractivity contribution in [3.63, 3.8) is 0 Å². The Morgan fingerprint density at radius 1 is 1.26 bits per heavy atom. The zero-order valence-electron chi connectivity index (χ0n) is 11.9. The van der Waals surface area contributed by atoms with Gasteiger partial charge >= 0.3 is 0 Å². The molecule has 0 radical (unpaired) electrons. The number of hydrogen-bond donors (Lipinski definition) is 0. The van der Waals surface area contributed by atoms with Crippen molar-refractivity contribution in [2.45, 2.75) is 26.9 Å². The summed E-state index contributed by atoms with van der Waals surface area (Å²) in [4.78, 5) is 2.30. The Morgan fingerprint density at radius 2 is 2.00 bits per heavy atom. The predicted octanol–water partition coefficient (Wildman–Crippen LogP) is 3.43. The first-order chi connectivity index (χ1) is 8.97. The van der Waals surface area contributed by atoms with Crippen molar-refractivity contribution in [2.24, 2.45) is 7.05 Å². The van der Waals surface area contributed by atoms with E-state index >= 15 is 0 Å². The molecule has 0 fully saturated rings. The van der Waals surface area contributed by atoms with Gasteiger partial charge in [-0.1, -0.05) is 29.8 Å². The Kier molecular flexibility index (Phi) is 4.42. The van der Waals surface area contributed by atoms with Gasteiger partial charge in [-0.15, -0.1) is 0 Å². The predicted molar refractivity (Wildman–Crippen MR) is 82.0 cm³/mol. The normalized spacial score (nSPS) is 11.3. The summed E-state index contributed by atoms with van der Waals surface area (Å²) < 4.78 is 3.07. The van der Waals surface area contributed by atoms with Crippen LogP contribution in [0.2, 0.25) is 0 Å². The van der Waals surface area contributed by atoms with Crippen molar-refractivity contribution in [1.82, 2.24) is 14.7 Å². The summed E-state index contributed by atoms with van der Waals surface area (Å²) in [7, 11) is 4.13. The van der Waals surface area contributed by atoms with E-state index in [-0.39, 0.29) is 0 Å². The Hall–Kier alpha value is -1.13. The average Bonchev–Trinajstić information content (AvgIpc) is 2.56. The second kappa shape index (κ2) is 5.88. The highest BCUT2D eigenvalue weighted by Crippen LogP contribution is 2.21. The molecule has 3 nitrogen and oxygen atoms in total. The number of halogens is 1. The number of benzene rings is 1. The Morgan fingerprint density at radius 3 is 2.58 bits per heavy atom. The van der Waals surface area contributed by atoms with Crippen LogP contribution < -0.4 is 0 Å². The van der Waals surface area contributed by atoms with Crippen LogP contribution in [0.4, 0.5) is 0 Å². The van der Waals surface area contributed by atoms with Crippen LogP contribution in [0, 0.1) is 13.8 Å². The molecule has 0 amide bonds. The molecule has 1 aromatic heterocycles. The summed E-state index contributed by atoms with van der Waals surface area (Å²) in [5.74, 6) is 0. The van der Waals surface area contributed by atoms with Crippen molar-refractivity contribution >= 4 is 15.9 Å². The number of aromatic nitrogens is 2. The van der Waals surface area contributed by atoms with Crippen LogP contribution in [0.5, 0.6) is 0 Å². The quantitative estimate of drug-likeness (QED) is 0.860. The van der Waals surface area contributed by atoms with E-state index in [4.69, 9.17) is 0 Å². The highest BCUT2D eigenvalue weighted by molar-refractivity contribution is 9.10. The molecule has 1 aromatic carbocycles. The summed E-state index contributed by atoms with van der Waals surface area (Å²) in [5.41, 5.74) is 4.91. The largest absolute Gasteiger partial charge is 0.296 e. The highest BCUT2D eigenvalue weighted by Gasteiger charge is 2.12. The minimum absolute atomic E-state index is 0.881. The maximum absolute atomic E-state index is 4.43. The fourth-order valence-corrected chi connectivity index (χ4v) is 2.75. The van der Waals surface area contributed by atoms with Crippen LogP contribution in [0.1, 0.15) is 22.5 Å². The van der Waals surface area contributed by atoms with E-state index in [0.717, 1.165) is 23.3 Å². The van der Waals surface area contributed by atoms with Gasteiger partial charge in [-0.05, 0) is 42.4 Å². The number of aryl methyl sites for hydroxylation is 3. The summed E-state index contributed by atoms with van der Waals surface area (Å²) in [6.07, 6.45) is 0. The van der Waals surface area contributed by atoms with Gasteiger partial charge < -0.3 is 0 Å². The van der Waals surface area contributed by atoms with Crippen molar-refractivity contribution in [3.8, 4) is 0 Å².